The van der Waals surface area contributed by atoms with E-state index in [0.29, 0.717) is 5.56 Å². The van der Waals surface area contributed by atoms with Gasteiger partial charge in [-0.3, -0.25) is 4.79 Å². The van der Waals surface area contributed by atoms with Gasteiger partial charge in [0.2, 0.25) is 21.6 Å². The number of carbonyl (C=O) groups is 1. The van der Waals surface area contributed by atoms with Gasteiger partial charge in [-0.15, -0.1) is 5.10 Å². The van der Waals surface area contributed by atoms with Crippen molar-refractivity contribution in [2.45, 2.75) is 50.3 Å². The predicted molar refractivity (Wildman–Crippen MR) is 91.5 cm³/mol. The largest absolute Gasteiger partial charge is 0.408 e. The van der Waals surface area contributed by atoms with Crippen molar-refractivity contribution >= 4 is 15.7 Å². The first kappa shape index (κ1) is 17.6. The third kappa shape index (κ3) is 4.25. The van der Waals surface area contributed by atoms with Crippen LogP contribution in [0.25, 0.3) is 11.5 Å². The zero-order chi connectivity index (χ0) is 17.9. The Labute approximate surface area is 146 Å². The lowest BCUT2D eigenvalue weighted by atomic mass is 9.95. The number of carbonyl (C=O) groups excluding carboxylic acids is 1. The summed E-state index contributed by atoms with van der Waals surface area (Å²) in [6.45, 7) is 1.87. The Morgan fingerprint density at radius 2 is 1.92 bits per heavy atom. The number of nitrogens with one attached hydrogen (secondary N) is 1. The van der Waals surface area contributed by atoms with Crippen molar-refractivity contribution in [2.75, 3.05) is 5.75 Å². The number of nitrogens with zero attached hydrogens (tertiary/aromatic N) is 2. The standard InChI is InChI=1S/C17H21N3O4S/c1-12-7-5-6-10-14(12)16-19-20-17(24-16)25(22,23)11-15(21)18-13-8-3-2-4-9-13/h5-7,10,13H,2-4,8-9,11H2,1H3,(H,18,21). The summed E-state index contributed by atoms with van der Waals surface area (Å²) in [5.41, 5.74) is 1.56. The van der Waals surface area contributed by atoms with E-state index in [1.807, 2.05) is 19.1 Å². The molecule has 8 heteroatoms. The molecule has 134 valence electrons. The van der Waals surface area contributed by atoms with Crippen LogP contribution in [0.2, 0.25) is 0 Å². The molecular formula is C17H21N3O4S. The van der Waals surface area contributed by atoms with Gasteiger partial charge in [-0.05, 0) is 31.4 Å². The Morgan fingerprint density at radius 3 is 2.64 bits per heavy atom. The van der Waals surface area contributed by atoms with Crippen LogP contribution in [0.5, 0.6) is 0 Å². The summed E-state index contributed by atoms with van der Waals surface area (Å²) >= 11 is 0. The van der Waals surface area contributed by atoms with E-state index in [9.17, 15) is 13.2 Å². The molecule has 0 unspecified atom stereocenters. The van der Waals surface area contributed by atoms with Gasteiger partial charge in [-0.25, -0.2) is 8.42 Å². The average Bonchev–Trinajstić information content (AvgIpc) is 3.06. The van der Waals surface area contributed by atoms with Gasteiger partial charge in [-0.1, -0.05) is 42.6 Å². The van der Waals surface area contributed by atoms with Crippen LogP contribution < -0.4 is 5.32 Å². The van der Waals surface area contributed by atoms with Gasteiger partial charge in [0.15, 0.2) is 0 Å². The Hall–Kier alpha value is -2.22. The van der Waals surface area contributed by atoms with Gasteiger partial charge >= 0.3 is 5.22 Å². The molecule has 0 atom stereocenters. The van der Waals surface area contributed by atoms with Crippen molar-refractivity contribution in [3.8, 4) is 11.5 Å². The number of amides is 1. The summed E-state index contributed by atoms with van der Waals surface area (Å²) in [7, 11) is -3.96. The van der Waals surface area contributed by atoms with Crippen LogP contribution in [0.15, 0.2) is 33.9 Å². The van der Waals surface area contributed by atoms with Crippen LogP contribution in [-0.4, -0.2) is 36.3 Å². The number of hydrogen-bond acceptors (Lipinski definition) is 6. The number of benzene rings is 1. The van der Waals surface area contributed by atoms with Crippen molar-refractivity contribution in [1.82, 2.24) is 15.5 Å². The molecule has 1 aliphatic carbocycles. The van der Waals surface area contributed by atoms with Crippen molar-refractivity contribution in [3.63, 3.8) is 0 Å². The number of aryl methyl sites for hydroxylation is 1. The van der Waals surface area contributed by atoms with E-state index in [1.54, 1.807) is 12.1 Å². The Kier molecular flexibility index (Phi) is 5.17. The maximum Gasteiger partial charge on any atom is 0.336 e. The van der Waals surface area contributed by atoms with Crippen LogP contribution in [0, 0.1) is 6.92 Å². The lowest BCUT2D eigenvalue weighted by Crippen LogP contribution is -2.39. The zero-order valence-electron chi connectivity index (χ0n) is 14.1. The molecule has 1 aliphatic rings. The molecule has 0 bridgehead atoms. The quantitative estimate of drug-likeness (QED) is 0.874. The zero-order valence-corrected chi connectivity index (χ0v) is 14.9. The van der Waals surface area contributed by atoms with Gasteiger partial charge in [0.05, 0.1) is 0 Å². The Balaban J connectivity index is 1.70. The molecule has 2 aromatic rings. The first-order chi connectivity index (χ1) is 12.0. The number of aromatic nitrogens is 2. The van der Waals surface area contributed by atoms with Crippen LogP contribution in [0.4, 0.5) is 0 Å². The summed E-state index contributed by atoms with van der Waals surface area (Å²) in [5, 5.41) is 9.69. The maximum atomic E-state index is 12.4. The topological polar surface area (TPSA) is 102 Å². The van der Waals surface area contributed by atoms with E-state index >= 15 is 0 Å². The summed E-state index contributed by atoms with van der Waals surface area (Å²) in [6, 6.07) is 7.36. The minimum atomic E-state index is -3.96. The third-order valence-electron chi connectivity index (χ3n) is 4.34. The SMILES string of the molecule is Cc1ccccc1-c1nnc(S(=O)(=O)CC(=O)NC2CCCCC2)o1. The Bertz CT molecular complexity index is 854. The van der Waals surface area contributed by atoms with E-state index in [2.05, 4.69) is 15.5 Å². The Morgan fingerprint density at radius 1 is 1.20 bits per heavy atom. The second-order valence-electron chi connectivity index (χ2n) is 6.35. The molecule has 7 nitrogen and oxygen atoms in total. The summed E-state index contributed by atoms with van der Waals surface area (Å²) < 4.78 is 30.0. The van der Waals surface area contributed by atoms with E-state index in [1.165, 1.54) is 0 Å². The minimum absolute atomic E-state index is 0.0571. The van der Waals surface area contributed by atoms with Crippen LogP contribution in [0.1, 0.15) is 37.7 Å². The fourth-order valence-corrected chi connectivity index (χ4v) is 3.93. The van der Waals surface area contributed by atoms with Gasteiger partial charge in [0, 0.05) is 11.6 Å². The molecule has 1 saturated carbocycles. The van der Waals surface area contributed by atoms with E-state index < -0.39 is 26.7 Å². The maximum absolute atomic E-state index is 12.4. The van der Waals surface area contributed by atoms with Crippen LogP contribution in [0.3, 0.4) is 0 Å². The average molecular weight is 363 g/mol. The number of rotatable bonds is 5. The lowest BCUT2D eigenvalue weighted by molar-refractivity contribution is -0.119. The molecule has 0 saturated heterocycles. The first-order valence-electron chi connectivity index (χ1n) is 8.37. The molecule has 1 fully saturated rings. The second kappa shape index (κ2) is 7.35. The fourth-order valence-electron chi connectivity index (χ4n) is 3.01. The molecule has 0 radical (unpaired) electrons. The highest BCUT2D eigenvalue weighted by molar-refractivity contribution is 7.91. The predicted octanol–water partition coefficient (Wildman–Crippen LogP) is 2.27. The number of sulfone groups is 1. The van der Waals surface area contributed by atoms with E-state index in [4.69, 9.17) is 4.42 Å². The first-order valence-corrected chi connectivity index (χ1v) is 10.0. The molecule has 0 aliphatic heterocycles. The van der Waals surface area contributed by atoms with Gasteiger partial charge < -0.3 is 9.73 Å². The van der Waals surface area contributed by atoms with Crippen molar-refractivity contribution in [1.29, 1.82) is 0 Å². The number of hydrogen-bond donors (Lipinski definition) is 1. The smallest absolute Gasteiger partial charge is 0.336 e. The molecule has 1 amide bonds. The van der Waals surface area contributed by atoms with E-state index in [0.717, 1.165) is 37.7 Å². The van der Waals surface area contributed by atoms with Crippen molar-refractivity contribution in [2.24, 2.45) is 0 Å². The van der Waals surface area contributed by atoms with Crippen molar-refractivity contribution < 1.29 is 17.6 Å². The normalized spacial score (nSPS) is 15.9. The van der Waals surface area contributed by atoms with Crippen LogP contribution >= 0.6 is 0 Å². The minimum Gasteiger partial charge on any atom is -0.408 e. The molecule has 1 aromatic heterocycles. The monoisotopic (exact) mass is 363 g/mol. The highest BCUT2D eigenvalue weighted by Gasteiger charge is 2.28. The van der Waals surface area contributed by atoms with Crippen molar-refractivity contribution in [3.05, 3.63) is 29.8 Å². The van der Waals surface area contributed by atoms with Gasteiger partial charge in [-0.2, -0.15) is 0 Å². The molecule has 0 spiro atoms. The molecule has 25 heavy (non-hydrogen) atoms. The second-order valence-corrected chi connectivity index (χ2v) is 8.22. The lowest BCUT2D eigenvalue weighted by Gasteiger charge is -2.22. The summed E-state index contributed by atoms with van der Waals surface area (Å²) in [6.07, 6.45) is 5.06. The molecule has 1 N–H and O–H groups in total. The highest BCUT2D eigenvalue weighted by atomic mass is 32.2. The summed E-state index contributed by atoms with van der Waals surface area (Å²) in [4.78, 5) is 12.1. The molecule has 1 heterocycles. The molecular weight excluding hydrogens is 342 g/mol. The summed E-state index contributed by atoms with van der Waals surface area (Å²) in [5.74, 6) is -1.08. The third-order valence-corrected chi connectivity index (χ3v) is 5.68. The highest BCUT2D eigenvalue weighted by Crippen LogP contribution is 2.23. The molecule has 1 aromatic carbocycles. The van der Waals surface area contributed by atoms with E-state index in [-0.39, 0.29) is 11.9 Å². The van der Waals surface area contributed by atoms with Crippen LogP contribution in [-0.2, 0) is 14.6 Å². The fraction of sp³-hybridized carbons (Fsp3) is 0.471. The van der Waals surface area contributed by atoms with Gasteiger partial charge in [0.1, 0.15) is 5.75 Å². The van der Waals surface area contributed by atoms with Gasteiger partial charge in [0.25, 0.3) is 0 Å². The molecule has 3 rings (SSSR count).